The van der Waals surface area contributed by atoms with Gasteiger partial charge in [0, 0.05) is 88.3 Å². The number of amides is 2. The average molecular weight is 1020 g/mol. The molecule has 2 amide bonds. The molecule has 0 radical (unpaired) electrons. The van der Waals surface area contributed by atoms with E-state index in [-0.39, 0.29) is 49.6 Å². The molecule has 4 aromatic heterocycles. The molecule has 388 valence electrons. The number of β-amino-alcohol motifs (C(OH)–C–C–N with tert-alkyl or cyclic N) is 1. The van der Waals surface area contributed by atoms with Crippen LogP contribution in [0.25, 0.3) is 32.8 Å². The topological polar surface area (TPSA) is 212 Å². The van der Waals surface area contributed by atoms with Gasteiger partial charge in [0.05, 0.1) is 46.2 Å². The molecule has 74 heavy (non-hydrogen) atoms. The molecular weight excluding hydrogens is 959 g/mol. The highest BCUT2D eigenvalue weighted by molar-refractivity contribution is 7.13. The molecule has 18 nitrogen and oxygen atoms in total. The van der Waals surface area contributed by atoms with Gasteiger partial charge in [-0.2, -0.15) is 5.10 Å². The van der Waals surface area contributed by atoms with Crippen LogP contribution in [0.3, 0.4) is 0 Å². The van der Waals surface area contributed by atoms with Crippen molar-refractivity contribution in [2.24, 2.45) is 5.92 Å². The third-order valence-corrected chi connectivity index (χ3v) is 15.0. The van der Waals surface area contributed by atoms with E-state index in [1.165, 1.54) is 10.5 Å². The van der Waals surface area contributed by atoms with E-state index in [4.69, 9.17) is 29.6 Å². The van der Waals surface area contributed by atoms with Gasteiger partial charge in [-0.1, -0.05) is 74.5 Å². The molecule has 5 atom stereocenters. The molecule has 0 spiro atoms. The predicted octanol–water partition coefficient (Wildman–Crippen LogP) is 7.38. The van der Waals surface area contributed by atoms with E-state index >= 15 is 0 Å². The van der Waals surface area contributed by atoms with Gasteiger partial charge in [-0.25, -0.2) is 4.98 Å². The molecule has 0 saturated carbocycles. The molecule has 2 saturated heterocycles. The van der Waals surface area contributed by atoms with Crippen LogP contribution in [0, 0.1) is 12.8 Å². The lowest BCUT2D eigenvalue weighted by Gasteiger charge is -2.34. The van der Waals surface area contributed by atoms with Gasteiger partial charge >= 0.3 is 0 Å². The number of aryl methyl sites for hydroxylation is 1. The molecule has 3 aromatic carbocycles. The molecule has 6 heterocycles. The maximum Gasteiger partial charge on any atom is 0.254 e. The second kappa shape index (κ2) is 23.5. The summed E-state index contributed by atoms with van der Waals surface area (Å²) in [6, 6.07) is 26.8. The summed E-state index contributed by atoms with van der Waals surface area (Å²) in [5, 5.41) is 31.3. The zero-order valence-electron chi connectivity index (χ0n) is 42.8. The van der Waals surface area contributed by atoms with E-state index in [0.29, 0.717) is 42.1 Å². The molecule has 9 rings (SSSR count). The first kappa shape index (κ1) is 51.9. The van der Waals surface area contributed by atoms with Gasteiger partial charge in [-0.05, 0) is 72.3 Å². The Kier molecular flexibility index (Phi) is 16.4. The van der Waals surface area contributed by atoms with Crippen LogP contribution < -0.4 is 20.5 Å². The van der Waals surface area contributed by atoms with Crippen molar-refractivity contribution in [2.75, 3.05) is 65.5 Å². The van der Waals surface area contributed by atoms with Crippen LogP contribution in [0.2, 0.25) is 0 Å². The quantitative estimate of drug-likeness (QED) is 0.0636. The van der Waals surface area contributed by atoms with Crippen molar-refractivity contribution in [3.63, 3.8) is 0 Å². The number of benzene rings is 3. The summed E-state index contributed by atoms with van der Waals surface area (Å²) in [4.78, 5) is 39.8. The van der Waals surface area contributed by atoms with Crippen molar-refractivity contribution >= 4 is 29.0 Å². The zero-order chi connectivity index (χ0) is 51.9. The highest BCUT2D eigenvalue weighted by atomic mass is 32.1. The minimum atomic E-state index is -0.829. The number of nitrogens with zero attached hydrogens (tertiary/aromatic N) is 9. The van der Waals surface area contributed by atoms with E-state index in [9.17, 15) is 14.7 Å². The molecule has 7 aromatic rings. The van der Waals surface area contributed by atoms with Gasteiger partial charge in [0.15, 0.2) is 18.4 Å². The summed E-state index contributed by atoms with van der Waals surface area (Å²) in [7, 11) is 1.58. The first-order valence-electron chi connectivity index (χ1n) is 25.1. The number of aliphatic hydroxyl groups is 1. The summed E-state index contributed by atoms with van der Waals surface area (Å²) < 4.78 is 24.6. The largest absolute Gasteiger partial charge is 0.474 e. The summed E-state index contributed by atoms with van der Waals surface area (Å²) in [6.45, 7) is 15.7. The third-order valence-electron chi connectivity index (χ3n) is 14.0. The number of ether oxygens (including phenoxy) is 3. The SMILES string of the molecule is COCOc1ccccc1-c1cc(-c2cnn(C(C)c3ccc(CN4CCN(CCOc5cc([C@@H](C(=O)N6C[C@H](O)C[C@H]6C(=O)N[C@@H](C)c6ccc(-c7scnc7C)cc6)C(C)C)on5)CC4)cc3)c2)c(N)nn1. The molecule has 0 aliphatic carbocycles. The summed E-state index contributed by atoms with van der Waals surface area (Å²) in [5.41, 5.74) is 16.5. The number of hydrogen-bond acceptors (Lipinski definition) is 16. The number of aliphatic hydroxyl groups excluding tert-OH is 1. The predicted molar refractivity (Wildman–Crippen MR) is 282 cm³/mol. The number of rotatable bonds is 20. The molecule has 0 bridgehead atoms. The van der Waals surface area contributed by atoms with Crippen molar-refractivity contribution in [3.8, 4) is 44.5 Å². The van der Waals surface area contributed by atoms with E-state index in [0.717, 1.165) is 76.7 Å². The molecule has 2 aliphatic rings. The minimum absolute atomic E-state index is 0.0208. The average Bonchev–Trinajstić information content (AvgIpc) is 4.25. The van der Waals surface area contributed by atoms with Crippen LogP contribution >= 0.6 is 11.3 Å². The lowest BCUT2D eigenvalue weighted by Crippen LogP contribution is -2.48. The Labute approximate surface area is 435 Å². The van der Waals surface area contributed by atoms with Crippen molar-refractivity contribution in [1.82, 2.24) is 50.1 Å². The summed E-state index contributed by atoms with van der Waals surface area (Å²) in [6.07, 6.45) is 3.11. The lowest BCUT2D eigenvalue weighted by atomic mass is 9.91. The maximum atomic E-state index is 14.2. The van der Waals surface area contributed by atoms with Gasteiger partial charge in [0.1, 0.15) is 24.3 Å². The Balaban J connectivity index is 0.725. The Morgan fingerprint density at radius 3 is 2.38 bits per heavy atom. The van der Waals surface area contributed by atoms with Crippen molar-refractivity contribution in [3.05, 3.63) is 131 Å². The van der Waals surface area contributed by atoms with E-state index in [2.05, 4.69) is 66.6 Å². The van der Waals surface area contributed by atoms with Gasteiger partial charge in [-0.3, -0.25) is 24.1 Å². The van der Waals surface area contributed by atoms with Gasteiger partial charge < -0.3 is 39.8 Å². The fourth-order valence-corrected chi connectivity index (χ4v) is 10.6. The molecule has 1 unspecified atom stereocenters. The minimum Gasteiger partial charge on any atom is -0.474 e. The molecular formula is C55H65N11O7S. The Morgan fingerprint density at radius 2 is 1.65 bits per heavy atom. The number of carbonyl (C=O) groups is 2. The van der Waals surface area contributed by atoms with Crippen LogP contribution in [-0.2, 0) is 20.9 Å². The van der Waals surface area contributed by atoms with Crippen LogP contribution in [0.4, 0.5) is 5.82 Å². The van der Waals surface area contributed by atoms with Gasteiger partial charge in [-0.15, -0.1) is 21.5 Å². The molecule has 19 heteroatoms. The number of piperazine rings is 1. The van der Waals surface area contributed by atoms with Crippen molar-refractivity contribution < 1.29 is 33.4 Å². The fraction of sp³-hybridized carbons (Fsp3) is 0.400. The Bertz CT molecular complexity index is 2990. The van der Waals surface area contributed by atoms with E-state index in [1.807, 2.05) is 98.7 Å². The highest BCUT2D eigenvalue weighted by Crippen LogP contribution is 2.35. The zero-order valence-corrected chi connectivity index (χ0v) is 43.6. The number of likely N-dealkylation sites (tertiary alicyclic amines) is 1. The Hall–Kier alpha value is -7.03. The first-order chi connectivity index (χ1) is 35.8. The summed E-state index contributed by atoms with van der Waals surface area (Å²) in [5.74, 6) is 0.118. The van der Waals surface area contributed by atoms with Crippen LogP contribution in [-0.4, -0.2) is 134 Å². The number of nitrogens with one attached hydrogen (secondary N) is 1. The van der Waals surface area contributed by atoms with E-state index in [1.54, 1.807) is 30.7 Å². The number of nitrogen functional groups attached to an aromatic ring is 1. The van der Waals surface area contributed by atoms with Crippen LogP contribution in [0.5, 0.6) is 11.6 Å². The number of anilines is 1. The van der Waals surface area contributed by atoms with E-state index < -0.39 is 18.1 Å². The number of nitrogens with two attached hydrogens (primary N) is 1. The normalized spacial score (nSPS) is 17.6. The highest BCUT2D eigenvalue weighted by Gasteiger charge is 2.43. The van der Waals surface area contributed by atoms with Crippen LogP contribution in [0.15, 0.2) is 107 Å². The molecule has 2 fully saturated rings. The standard InChI is InChI=1S/C55H65N11O7S/c1-34(2)51(55(69)65-31-43(67)25-47(65)54(68)59-35(3)39-15-17-41(18-16-39)52-36(4)57-32-74-52)49-27-50(62-73-49)71-24-23-63-19-21-64(22-20-63)29-38-11-13-40(14-12-38)37(5)66-30-42(28-58-66)45-26-46(60-61-53(45)56)44-9-7-8-10-48(44)72-33-70-6/h7-18,26-28,30,32,34-35,37,43,47,51,67H,19-25,29,31,33H2,1-6H3,(H2,56,61)(H,59,68)/t35-,37?,43+,47-,51-/m0/s1. The van der Waals surface area contributed by atoms with Crippen LogP contribution in [0.1, 0.15) is 80.3 Å². The first-order valence-corrected chi connectivity index (χ1v) is 26.0. The third kappa shape index (κ3) is 12.0. The lowest BCUT2D eigenvalue weighted by molar-refractivity contribution is -0.141. The number of methoxy groups -OCH3 is 1. The number of para-hydroxylation sites is 1. The smallest absolute Gasteiger partial charge is 0.254 e. The monoisotopic (exact) mass is 1020 g/mol. The van der Waals surface area contributed by atoms with Gasteiger partial charge in [0.25, 0.3) is 5.88 Å². The Morgan fingerprint density at radius 1 is 0.905 bits per heavy atom. The number of hydrogen-bond donors (Lipinski definition) is 3. The maximum absolute atomic E-state index is 14.2. The molecule has 2 aliphatic heterocycles. The number of carbonyl (C=O) groups excluding carboxylic acids is 2. The van der Waals surface area contributed by atoms with Gasteiger partial charge in [0.2, 0.25) is 11.8 Å². The number of thiazole rings is 1. The van der Waals surface area contributed by atoms with Crippen molar-refractivity contribution in [2.45, 2.75) is 77.7 Å². The second-order valence-corrected chi connectivity index (χ2v) is 20.3. The molecule has 4 N–H and O–H groups in total. The second-order valence-electron chi connectivity index (χ2n) is 19.5. The fourth-order valence-electron chi connectivity index (χ4n) is 9.74. The summed E-state index contributed by atoms with van der Waals surface area (Å²) >= 11 is 1.59. The number of aromatic nitrogens is 6. The van der Waals surface area contributed by atoms with Crippen molar-refractivity contribution in [1.29, 1.82) is 0 Å².